The van der Waals surface area contributed by atoms with Crippen molar-refractivity contribution in [2.75, 3.05) is 10.7 Å². The van der Waals surface area contributed by atoms with E-state index in [4.69, 9.17) is 4.74 Å². The summed E-state index contributed by atoms with van der Waals surface area (Å²) in [6, 6.07) is 25.4. The van der Waals surface area contributed by atoms with Crippen molar-refractivity contribution in [3.8, 4) is 11.5 Å². The molecule has 5 heteroatoms. The van der Waals surface area contributed by atoms with Gasteiger partial charge in [-0.15, -0.1) is 11.8 Å². The molecule has 0 radical (unpaired) electrons. The lowest BCUT2D eigenvalue weighted by molar-refractivity contribution is -0.115. The molecule has 130 valence electrons. The normalized spacial score (nSPS) is 16.7. The topological polar surface area (TPSA) is 29.5 Å². The van der Waals surface area contributed by atoms with Gasteiger partial charge in [-0.2, -0.15) is 0 Å². The molecule has 3 nitrogen and oxygen atoms in total. The van der Waals surface area contributed by atoms with Gasteiger partial charge < -0.3 is 4.74 Å². The van der Waals surface area contributed by atoms with Gasteiger partial charge in [-0.3, -0.25) is 9.69 Å². The molecular formula is C21H16BrNO2S. The van der Waals surface area contributed by atoms with Gasteiger partial charge in [0.2, 0.25) is 5.91 Å². The van der Waals surface area contributed by atoms with Gasteiger partial charge in [-0.1, -0.05) is 46.3 Å². The lowest BCUT2D eigenvalue weighted by Crippen LogP contribution is -2.27. The number of benzene rings is 3. The molecule has 0 N–H and O–H groups in total. The van der Waals surface area contributed by atoms with Gasteiger partial charge in [0.15, 0.2) is 0 Å². The molecule has 0 saturated carbocycles. The van der Waals surface area contributed by atoms with E-state index < -0.39 is 0 Å². The van der Waals surface area contributed by atoms with Crippen molar-refractivity contribution in [2.24, 2.45) is 0 Å². The van der Waals surface area contributed by atoms with Crippen LogP contribution in [0, 0.1) is 0 Å². The van der Waals surface area contributed by atoms with Crippen molar-refractivity contribution >= 4 is 39.3 Å². The number of para-hydroxylation sites is 1. The van der Waals surface area contributed by atoms with E-state index in [0.29, 0.717) is 5.75 Å². The van der Waals surface area contributed by atoms with Crippen molar-refractivity contribution < 1.29 is 9.53 Å². The Morgan fingerprint density at radius 2 is 1.65 bits per heavy atom. The van der Waals surface area contributed by atoms with Crippen molar-refractivity contribution in [3.63, 3.8) is 0 Å². The summed E-state index contributed by atoms with van der Waals surface area (Å²) in [6.07, 6.45) is 0. The molecular weight excluding hydrogens is 410 g/mol. The first-order chi connectivity index (χ1) is 12.7. The second-order valence-corrected chi connectivity index (χ2v) is 7.88. The van der Waals surface area contributed by atoms with Crippen molar-refractivity contribution in [1.29, 1.82) is 0 Å². The number of nitrogens with zero attached hydrogens (tertiary/aromatic N) is 1. The quantitative estimate of drug-likeness (QED) is 0.511. The largest absolute Gasteiger partial charge is 0.457 e. The summed E-state index contributed by atoms with van der Waals surface area (Å²) in [7, 11) is 0. The lowest BCUT2D eigenvalue weighted by atomic mass is 10.2. The van der Waals surface area contributed by atoms with Gasteiger partial charge in [0.05, 0.1) is 5.75 Å². The van der Waals surface area contributed by atoms with Crippen LogP contribution in [0.3, 0.4) is 0 Å². The number of carbonyl (C=O) groups excluding carboxylic acids is 1. The zero-order valence-corrected chi connectivity index (χ0v) is 16.2. The number of ether oxygens (including phenoxy) is 1. The van der Waals surface area contributed by atoms with E-state index in [1.54, 1.807) is 11.8 Å². The fourth-order valence-corrected chi connectivity index (χ4v) is 4.49. The highest BCUT2D eigenvalue weighted by atomic mass is 79.9. The summed E-state index contributed by atoms with van der Waals surface area (Å²) >= 11 is 5.16. The molecule has 1 amide bonds. The van der Waals surface area contributed by atoms with Gasteiger partial charge in [-0.05, 0) is 54.1 Å². The van der Waals surface area contributed by atoms with Crippen molar-refractivity contribution in [3.05, 3.63) is 88.9 Å². The van der Waals surface area contributed by atoms with Crippen LogP contribution in [-0.4, -0.2) is 11.7 Å². The summed E-state index contributed by atoms with van der Waals surface area (Å²) in [5, 5.41) is -0.0131. The SMILES string of the molecule is O=C1CSC(c2cccc(Br)c2)N1c1ccc(Oc2ccccc2)cc1. The monoisotopic (exact) mass is 425 g/mol. The summed E-state index contributed by atoms with van der Waals surface area (Å²) < 4.78 is 6.85. The highest BCUT2D eigenvalue weighted by Gasteiger charge is 2.34. The lowest BCUT2D eigenvalue weighted by Gasteiger charge is -2.24. The Morgan fingerprint density at radius 3 is 2.38 bits per heavy atom. The Morgan fingerprint density at radius 1 is 0.923 bits per heavy atom. The van der Waals surface area contributed by atoms with Crippen LogP contribution in [0.25, 0.3) is 0 Å². The summed E-state index contributed by atoms with van der Waals surface area (Å²) in [5.74, 6) is 2.15. The van der Waals surface area contributed by atoms with Gasteiger partial charge in [0, 0.05) is 10.2 Å². The summed E-state index contributed by atoms with van der Waals surface area (Å²) in [6.45, 7) is 0. The summed E-state index contributed by atoms with van der Waals surface area (Å²) in [5.41, 5.74) is 1.99. The maximum absolute atomic E-state index is 12.5. The summed E-state index contributed by atoms with van der Waals surface area (Å²) in [4.78, 5) is 14.3. The molecule has 0 spiro atoms. The molecule has 0 aromatic heterocycles. The molecule has 1 unspecified atom stereocenters. The number of halogens is 1. The maximum atomic E-state index is 12.5. The van der Waals surface area contributed by atoms with Crippen LogP contribution in [0.2, 0.25) is 0 Å². The zero-order chi connectivity index (χ0) is 17.9. The van der Waals surface area contributed by atoms with E-state index in [1.807, 2.05) is 71.6 Å². The van der Waals surface area contributed by atoms with E-state index in [2.05, 4.69) is 28.1 Å². The second kappa shape index (κ2) is 7.56. The first kappa shape index (κ1) is 17.2. The van der Waals surface area contributed by atoms with E-state index in [0.717, 1.165) is 27.2 Å². The van der Waals surface area contributed by atoms with Crippen LogP contribution in [0.4, 0.5) is 5.69 Å². The number of rotatable bonds is 4. The Hall–Kier alpha value is -2.24. The van der Waals surface area contributed by atoms with E-state index in [1.165, 1.54) is 0 Å². The number of anilines is 1. The fraction of sp³-hybridized carbons (Fsp3) is 0.0952. The third-order valence-corrected chi connectivity index (χ3v) is 5.80. The standard InChI is InChI=1S/C21H16BrNO2S/c22-16-6-4-5-15(13-16)21-23(20(24)14-26-21)17-9-11-19(12-10-17)25-18-7-2-1-3-8-18/h1-13,21H,14H2. The third-order valence-electron chi connectivity index (χ3n) is 4.10. The zero-order valence-electron chi connectivity index (χ0n) is 13.8. The number of amides is 1. The molecule has 1 aliphatic heterocycles. The molecule has 1 fully saturated rings. The van der Waals surface area contributed by atoms with E-state index in [-0.39, 0.29) is 11.3 Å². The Bertz CT molecular complexity index is 915. The minimum Gasteiger partial charge on any atom is -0.457 e. The van der Waals surface area contributed by atoms with E-state index >= 15 is 0 Å². The Kier molecular flexibility index (Phi) is 5.00. The smallest absolute Gasteiger partial charge is 0.238 e. The first-order valence-corrected chi connectivity index (χ1v) is 10.1. The van der Waals surface area contributed by atoms with E-state index in [9.17, 15) is 4.79 Å². The Labute approximate surface area is 165 Å². The number of hydrogen-bond acceptors (Lipinski definition) is 3. The van der Waals surface area contributed by atoms with Crippen LogP contribution < -0.4 is 9.64 Å². The third kappa shape index (κ3) is 3.64. The molecule has 3 aromatic carbocycles. The second-order valence-electron chi connectivity index (χ2n) is 5.89. The molecule has 26 heavy (non-hydrogen) atoms. The van der Waals surface area contributed by atoms with Crippen LogP contribution in [0.5, 0.6) is 11.5 Å². The van der Waals surface area contributed by atoms with Crippen LogP contribution in [0.1, 0.15) is 10.9 Å². The number of hydrogen-bond donors (Lipinski definition) is 0. The predicted molar refractivity (Wildman–Crippen MR) is 110 cm³/mol. The van der Waals surface area contributed by atoms with Crippen LogP contribution in [0.15, 0.2) is 83.3 Å². The molecule has 3 aromatic rings. The molecule has 1 saturated heterocycles. The van der Waals surface area contributed by atoms with Gasteiger partial charge in [0.1, 0.15) is 16.9 Å². The van der Waals surface area contributed by atoms with Crippen LogP contribution in [-0.2, 0) is 4.79 Å². The molecule has 0 aliphatic carbocycles. The molecule has 1 aliphatic rings. The fourth-order valence-electron chi connectivity index (χ4n) is 2.91. The molecule has 1 heterocycles. The first-order valence-electron chi connectivity index (χ1n) is 8.23. The number of thioether (sulfide) groups is 1. The number of carbonyl (C=O) groups is 1. The predicted octanol–water partition coefficient (Wildman–Crippen LogP) is 6.02. The average Bonchev–Trinajstić information content (AvgIpc) is 3.05. The van der Waals surface area contributed by atoms with Crippen LogP contribution >= 0.6 is 27.7 Å². The minimum atomic E-state index is -0.0131. The van der Waals surface area contributed by atoms with Crippen molar-refractivity contribution in [1.82, 2.24) is 0 Å². The molecule has 0 bridgehead atoms. The highest BCUT2D eigenvalue weighted by Crippen LogP contribution is 2.42. The highest BCUT2D eigenvalue weighted by molar-refractivity contribution is 9.10. The molecule has 1 atom stereocenters. The maximum Gasteiger partial charge on any atom is 0.238 e. The van der Waals surface area contributed by atoms with Gasteiger partial charge in [0.25, 0.3) is 0 Å². The van der Waals surface area contributed by atoms with Crippen molar-refractivity contribution in [2.45, 2.75) is 5.37 Å². The average molecular weight is 426 g/mol. The van der Waals surface area contributed by atoms with Gasteiger partial charge >= 0.3 is 0 Å². The molecule has 4 rings (SSSR count). The Balaban J connectivity index is 1.58. The minimum absolute atomic E-state index is 0.0131. The van der Waals surface area contributed by atoms with Gasteiger partial charge in [-0.25, -0.2) is 0 Å².